The van der Waals surface area contributed by atoms with Crippen LogP contribution in [0.15, 0.2) is 18.3 Å². The lowest BCUT2D eigenvalue weighted by molar-refractivity contribution is 0.00513. The zero-order chi connectivity index (χ0) is 12.7. The van der Waals surface area contributed by atoms with Gasteiger partial charge in [-0.3, -0.25) is 0 Å². The van der Waals surface area contributed by atoms with Gasteiger partial charge in [0, 0.05) is 19.2 Å². The van der Waals surface area contributed by atoms with E-state index < -0.39 is 19.1 Å². The standard InChI is InChI=1S/C11H16F2N2O2/c12-10(13)7-17-5-3-9(16)6-8-2-1-4-15-11(8)14/h1-2,4,9-10,16H,3,5-7H2,(H2,14,15). The number of aliphatic hydroxyl groups is 1. The minimum atomic E-state index is -2.47. The molecule has 1 rings (SSSR count). The van der Waals surface area contributed by atoms with E-state index in [1.54, 1.807) is 18.3 Å². The summed E-state index contributed by atoms with van der Waals surface area (Å²) >= 11 is 0. The van der Waals surface area contributed by atoms with Crippen molar-refractivity contribution in [3.8, 4) is 0 Å². The Kier molecular flexibility index (Phi) is 5.79. The van der Waals surface area contributed by atoms with Crippen LogP contribution >= 0.6 is 0 Å². The number of pyridine rings is 1. The molecule has 0 amide bonds. The second-order valence-corrected chi connectivity index (χ2v) is 3.66. The van der Waals surface area contributed by atoms with Crippen LogP contribution in [0, 0.1) is 0 Å². The molecule has 1 heterocycles. The fraction of sp³-hybridized carbons (Fsp3) is 0.545. The molecule has 1 aromatic heterocycles. The Morgan fingerprint density at radius 1 is 1.47 bits per heavy atom. The van der Waals surface area contributed by atoms with E-state index in [0.717, 1.165) is 5.56 Å². The molecule has 6 heteroatoms. The van der Waals surface area contributed by atoms with Crippen LogP contribution in [0.4, 0.5) is 14.6 Å². The van der Waals surface area contributed by atoms with Crippen LogP contribution in [0.1, 0.15) is 12.0 Å². The molecule has 0 saturated heterocycles. The molecule has 0 aliphatic heterocycles. The number of halogens is 2. The Bertz CT molecular complexity index is 337. The Morgan fingerprint density at radius 2 is 2.24 bits per heavy atom. The van der Waals surface area contributed by atoms with Gasteiger partial charge in [0.25, 0.3) is 6.43 Å². The first-order chi connectivity index (χ1) is 8.09. The number of nitrogens with zero attached hydrogens (tertiary/aromatic N) is 1. The Labute approximate surface area is 98.4 Å². The lowest BCUT2D eigenvalue weighted by atomic mass is 10.1. The molecule has 0 spiro atoms. The molecule has 0 saturated carbocycles. The van der Waals surface area contributed by atoms with Crippen molar-refractivity contribution in [1.29, 1.82) is 0 Å². The Balaban J connectivity index is 2.25. The third kappa shape index (κ3) is 5.55. The summed E-state index contributed by atoms with van der Waals surface area (Å²) in [7, 11) is 0. The van der Waals surface area contributed by atoms with Crippen LogP contribution in [-0.2, 0) is 11.2 Å². The highest BCUT2D eigenvalue weighted by atomic mass is 19.3. The second kappa shape index (κ2) is 7.13. The topological polar surface area (TPSA) is 68.4 Å². The van der Waals surface area contributed by atoms with Gasteiger partial charge in [-0.05, 0) is 18.1 Å². The molecular formula is C11H16F2N2O2. The van der Waals surface area contributed by atoms with Gasteiger partial charge in [0.05, 0.1) is 6.10 Å². The highest BCUT2D eigenvalue weighted by molar-refractivity contribution is 5.38. The fourth-order valence-electron chi connectivity index (χ4n) is 1.37. The van der Waals surface area contributed by atoms with Crippen LogP contribution in [0.2, 0.25) is 0 Å². The first kappa shape index (κ1) is 13.8. The normalized spacial score (nSPS) is 12.9. The van der Waals surface area contributed by atoms with Gasteiger partial charge in [-0.1, -0.05) is 6.07 Å². The second-order valence-electron chi connectivity index (χ2n) is 3.66. The molecular weight excluding hydrogens is 230 g/mol. The van der Waals surface area contributed by atoms with Crippen molar-refractivity contribution in [2.75, 3.05) is 18.9 Å². The van der Waals surface area contributed by atoms with Crippen molar-refractivity contribution >= 4 is 5.82 Å². The van der Waals surface area contributed by atoms with Crippen LogP contribution in [0.3, 0.4) is 0 Å². The molecule has 0 bridgehead atoms. The van der Waals surface area contributed by atoms with Gasteiger partial charge in [-0.2, -0.15) is 0 Å². The quantitative estimate of drug-likeness (QED) is 0.710. The van der Waals surface area contributed by atoms with Crippen LogP contribution in [-0.4, -0.2) is 35.8 Å². The molecule has 1 unspecified atom stereocenters. The minimum Gasteiger partial charge on any atom is -0.393 e. The first-order valence-electron chi connectivity index (χ1n) is 5.33. The smallest absolute Gasteiger partial charge is 0.261 e. The number of alkyl halides is 2. The zero-order valence-corrected chi connectivity index (χ0v) is 9.35. The number of ether oxygens (including phenoxy) is 1. The first-order valence-corrected chi connectivity index (χ1v) is 5.33. The van der Waals surface area contributed by atoms with Gasteiger partial charge in [-0.25, -0.2) is 13.8 Å². The van der Waals surface area contributed by atoms with Crippen molar-refractivity contribution in [2.45, 2.75) is 25.4 Å². The molecule has 0 aromatic carbocycles. The molecule has 0 aliphatic rings. The van der Waals surface area contributed by atoms with Gasteiger partial charge in [0.1, 0.15) is 12.4 Å². The summed E-state index contributed by atoms with van der Waals surface area (Å²) in [6.07, 6.45) is -0.935. The largest absolute Gasteiger partial charge is 0.393 e. The highest BCUT2D eigenvalue weighted by Crippen LogP contribution is 2.11. The van der Waals surface area contributed by atoms with Gasteiger partial charge < -0.3 is 15.6 Å². The maximum Gasteiger partial charge on any atom is 0.261 e. The number of aromatic nitrogens is 1. The Morgan fingerprint density at radius 3 is 2.88 bits per heavy atom. The molecule has 1 aromatic rings. The molecule has 0 radical (unpaired) electrons. The predicted octanol–water partition coefficient (Wildman–Crippen LogP) is 1.24. The number of hydrogen-bond acceptors (Lipinski definition) is 4. The molecule has 0 fully saturated rings. The molecule has 17 heavy (non-hydrogen) atoms. The Hall–Kier alpha value is -1.27. The summed E-state index contributed by atoms with van der Waals surface area (Å²) in [6.45, 7) is -0.493. The van der Waals surface area contributed by atoms with Crippen LogP contribution in [0.5, 0.6) is 0 Å². The van der Waals surface area contributed by atoms with Crippen molar-refractivity contribution in [3.63, 3.8) is 0 Å². The lowest BCUT2D eigenvalue weighted by Crippen LogP contribution is -2.16. The van der Waals surface area contributed by atoms with E-state index in [9.17, 15) is 13.9 Å². The average Bonchev–Trinajstić information content (AvgIpc) is 2.27. The van der Waals surface area contributed by atoms with E-state index in [1.165, 1.54) is 0 Å². The van der Waals surface area contributed by atoms with Crippen LogP contribution in [0.25, 0.3) is 0 Å². The molecule has 1 atom stereocenters. The number of aliphatic hydroxyl groups excluding tert-OH is 1. The molecule has 0 aliphatic carbocycles. The van der Waals surface area contributed by atoms with Gasteiger partial charge in [-0.15, -0.1) is 0 Å². The summed E-state index contributed by atoms with van der Waals surface area (Å²) < 4.78 is 28.2. The van der Waals surface area contributed by atoms with E-state index in [1.807, 2.05) is 0 Å². The third-order valence-electron chi connectivity index (χ3n) is 2.22. The third-order valence-corrected chi connectivity index (χ3v) is 2.22. The zero-order valence-electron chi connectivity index (χ0n) is 9.35. The predicted molar refractivity (Wildman–Crippen MR) is 59.8 cm³/mol. The van der Waals surface area contributed by atoms with Gasteiger partial charge in [0.2, 0.25) is 0 Å². The summed E-state index contributed by atoms with van der Waals surface area (Å²) in [6, 6.07) is 3.50. The van der Waals surface area contributed by atoms with Crippen molar-refractivity contribution in [3.05, 3.63) is 23.9 Å². The average molecular weight is 246 g/mol. The van der Waals surface area contributed by atoms with Crippen molar-refractivity contribution < 1.29 is 18.6 Å². The lowest BCUT2D eigenvalue weighted by Gasteiger charge is -2.11. The summed E-state index contributed by atoms with van der Waals surface area (Å²) in [5, 5.41) is 9.64. The summed E-state index contributed by atoms with van der Waals surface area (Å²) in [5.74, 6) is 0.375. The fourth-order valence-corrected chi connectivity index (χ4v) is 1.37. The number of rotatable bonds is 7. The van der Waals surface area contributed by atoms with Crippen molar-refractivity contribution in [2.24, 2.45) is 0 Å². The highest BCUT2D eigenvalue weighted by Gasteiger charge is 2.09. The maximum absolute atomic E-state index is 11.7. The monoisotopic (exact) mass is 246 g/mol. The SMILES string of the molecule is Nc1ncccc1CC(O)CCOCC(F)F. The maximum atomic E-state index is 11.7. The van der Waals surface area contributed by atoms with Crippen molar-refractivity contribution in [1.82, 2.24) is 4.98 Å². The molecule has 3 N–H and O–H groups in total. The van der Waals surface area contributed by atoms with E-state index in [2.05, 4.69) is 9.72 Å². The van der Waals surface area contributed by atoms with E-state index >= 15 is 0 Å². The van der Waals surface area contributed by atoms with Gasteiger partial charge in [0.15, 0.2) is 0 Å². The van der Waals surface area contributed by atoms with E-state index in [4.69, 9.17) is 5.73 Å². The number of hydrogen-bond donors (Lipinski definition) is 2. The summed E-state index contributed by atoms with van der Waals surface area (Å²) in [4.78, 5) is 3.89. The van der Waals surface area contributed by atoms with E-state index in [-0.39, 0.29) is 6.61 Å². The number of anilines is 1. The summed E-state index contributed by atoms with van der Waals surface area (Å²) in [5.41, 5.74) is 6.36. The molecule has 4 nitrogen and oxygen atoms in total. The molecule has 96 valence electrons. The van der Waals surface area contributed by atoms with Gasteiger partial charge >= 0.3 is 0 Å². The van der Waals surface area contributed by atoms with Crippen LogP contribution < -0.4 is 5.73 Å². The minimum absolute atomic E-state index is 0.103. The number of nitrogen functional groups attached to an aromatic ring is 1. The number of nitrogens with two attached hydrogens (primary N) is 1. The van der Waals surface area contributed by atoms with E-state index in [0.29, 0.717) is 18.7 Å².